The van der Waals surface area contributed by atoms with E-state index in [-0.39, 0.29) is 17.2 Å². The molecule has 0 saturated heterocycles. The Bertz CT molecular complexity index is 515. The van der Waals surface area contributed by atoms with E-state index in [1.54, 1.807) is 18.1 Å². The molecule has 1 aromatic heterocycles. The fraction of sp³-hybridized carbons (Fsp3) is 0.615. The van der Waals surface area contributed by atoms with E-state index in [2.05, 4.69) is 28.7 Å². The van der Waals surface area contributed by atoms with Crippen LogP contribution in [0.15, 0.2) is 6.20 Å². The first-order valence-corrected chi connectivity index (χ1v) is 6.69. The summed E-state index contributed by atoms with van der Waals surface area (Å²) >= 11 is 5.90. The van der Waals surface area contributed by atoms with Crippen LogP contribution in [0.25, 0.3) is 0 Å². The van der Waals surface area contributed by atoms with Crippen LogP contribution in [0.2, 0.25) is 5.28 Å². The molecule has 0 radical (unpaired) electrons. The fourth-order valence-corrected chi connectivity index (χ4v) is 2.48. The van der Waals surface area contributed by atoms with Gasteiger partial charge in [-0.15, -0.1) is 0 Å². The van der Waals surface area contributed by atoms with Crippen molar-refractivity contribution in [3.63, 3.8) is 0 Å². The van der Waals surface area contributed by atoms with Crippen LogP contribution in [0, 0.1) is 5.41 Å². The minimum atomic E-state index is -0.480. The number of amides is 1. The van der Waals surface area contributed by atoms with Gasteiger partial charge in [0.2, 0.25) is 11.2 Å². The largest absolute Gasteiger partial charge is 0.351 e. The standard InChI is InChI=1S/C13H19ClN4O/c1-8(2)18-7-13(3,4)11(19)17(5)9-6-15-12(14)16-10(9)18/h6,8H,7H2,1-5H3. The number of carbonyl (C=O) groups excluding carboxylic acids is 1. The van der Waals surface area contributed by atoms with Gasteiger partial charge >= 0.3 is 0 Å². The Kier molecular flexibility index (Phi) is 3.43. The van der Waals surface area contributed by atoms with Crippen molar-refractivity contribution in [1.29, 1.82) is 0 Å². The molecule has 0 fully saturated rings. The predicted octanol–water partition coefficient (Wildman–Crippen LogP) is 2.35. The number of hydrogen-bond acceptors (Lipinski definition) is 4. The van der Waals surface area contributed by atoms with Gasteiger partial charge in [0.15, 0.2) is 5.82 Å². The Morgan fingerprint density at radius 3 is 2.63 bits per heavy atom. The van der Waals surface area contributed by atoms with Crippen molar-refractivity contribution in [2.45, 2.75) is 33.7 Å². The highest BCUT2D eigenvalue weighted by Crippen LogP contribution is 2.36. The van der Waals surface area contributed by atoms with Gasteiger partial charge in [-0.3, -0.25) is 4.79 Å². The van der Waals surface area contributed by atoms with Crippen LogP contribution >= 0.6 is 11.6 Å². The lowest BCUT2D eigenvalue weighted by Crippen LogP contribution is -2.44. The molecule has 1 aliphatic heterocycles. The Labute approximate surface area is 118 Å². The number of carbonyl (C=O) groups is 1. The highest BCUT2D eigenvalue weighted by molar-refractivity contribution is 6.28. The topological polar surface area (TPSA) is 49.3 Å². The number of nitrogens with zero attached hydrogens (tertiary/aromatic N) is 4. The molecule has 0 N–H and O–H groups in total. The average molecular weight is 283 g/mol. The van der Waals surface area contributed by atoms with Crippen molar-refractivity contribution in [1.82, 2.24) is 9.97 Å². The minimum Gasteiger partial charge on any atom is -0.351 e. The van der Waals surface area contributed by atoms with Gasteiger partial charge in [0, 0.05) is 19.6 Å². The van der Waals surface area contributed by atoms with Crippen molar-refractivity contribution in [3.05, 3.63) is 11.5 Å². The van der Waals surface area contributed by atoms with Gasteiger partial charge < -0.3 is 9.80 Å². The lowest BCUT2D eigenvalue weighted by molar-refractivity contribution is -0.125. The number of rotatable bonds is 1. The molecular formula is C13H19ClN4O. The summed E-state index contributed by atoms with van der Waals surface area (Å²) in [7, 11) is 1.75. The molecule has 0 aromatic carbocycles. The van der Waals surface area contributed by atoms with Crippen molar-refractivity contribution >= 4 is 29.0 Å². The van der Waals surface area contributed by atoms with Crippen molar-refractivity contribution in [3.8, 4) is 0 Å². The number of anilines is 2. The molecule has 0 unspecified atom stereocenters. The molecule has 5 nitrogen and oxygen atoms in total. The van der Waals surface area contributed by atoms with E-state index >= 15 is 0 Å². The van der Waals surface area contributed by atoms with Crippen LogP contribution < -0.4 is 9.80 Å². The van der Waals surface area contributed by atoms with Gasteiger partial charge in [0.1, 0.15) is 5.69 Å². The molecule has 104 valence electrons. The van der Waals surface area contributed by atoms with E-state index in [1.165, 1.54) is 0 Å². The van der Waals surface area contributed by atoms with E-state index in [4.69, 9.17) is 11.6 Å². The van der Waals surface area contributed by atoms with Gasteiger partial charge in [0.25, 0.3) is 0 Å². The monoisotopic (exact) mass is 282 g/mol. The van der Waals surface area contributed by atoms with E-state index < -0.39 is 5.41 Å². The smallest absolute Gasteiger partial charge is 0.234 e. The zero-order chi connectivity index (χ0) is 14.4. The second-order valence-electron chi connectivity index (χ2n) is 5.82. The second kappa shape index (κ2) is 4.63. The first-order chi connectivity index (χ1) is 8.74. The number of fused-ring (bicyclic) bond motifs is 1. The van der Waals surface area contributed by atoms with E-state index in [0.717, 1.165) is 5.82 Å². The lowest BCUT2D eigenvalue weighted by atomic mass is 9.91. The van der Waals surface area contributed by atoms with Crippen molar-refractivity contribution in [2.75, 3.05) is 23.4 Å². The number of aromatic nitrogens is 2. The van der Waals surface area contributed by atoms with Gasteiger partial charge in [-0.05, 0) is 39.3 Å². The molecule has 6 heteroatoms. The Balaban J connectivity index is 2.63. The van der Waals surface area contributed by atoms with Crippen LogP contribution in [0.1, 0.15) is 27.7 Å². The highest BCUT2D eigenvalue weighted by Gasteiger charge is 2.39. The Morgan fingerprint density at radius 2 is 2.05 bits per heavy atom. The zero-order valence-electron chi connectivity index (χ0n) is 11.9. The third-order valence-electron chi connectivity index (χ3n) is 3.43. The summed E-state index contributed by atoms with van der Waals surface area (Å²) in [5.41, 5.74) is 0.223. The molecule has 2 rings (SSSR count). The van der Waals surface area contributed by atoms with Gasteiger partial charge in [-0.25, -0.2) is 4.98 Å². The SMILES string of the molecule is CC(C)N1CC(C)(C)C(=O)N(C)c2cnc(Cl)nc21. The molecule has 1 aromatic rings. The van der Waals surface area contributed by atoms with Crippen molar-refractivity contribution < 1.29 is 4.79 Å². The third-order valence-corrected chi connectivity index (χ3v) is 3.61. The highest BCUT2D eigenvalue weighted by atomic mass is 35.5. The summed E-state index contributed by atoms with van der Waals surface area (Å²) in [5, 5.41) is 0.199. The van der Waals surface area contributed by atoms with Gasteiger partial charge in [-0.1, -0.05) is 0 Å². The maximum absolute atomic E-state index is 12.5. The maximum Gasteiger partial charge on any atom is 0.234 e. The van der Waals surface area contributed by atoms with Crippen LogP contribution in [-0.2, 0) is 4.79 Å². The summed E-state index contributed by atoms with van der Waals surface area (Å²) in [4.78, 5) is 24.5. The fourth-order valence-electron chi connectivity index (χ4n) is 2.35. The van der Waals surface area contributed by atoms with Crippen molar-refractivity contribution in [2.24, 2.45) is 5.41 Å². The maximum atomic E-state index is 12.5. The van der Waals surface area contributed by atoms with E-state index in [9.17, 15) is 4.79 Å². The van der Waals surface area contributed by atoms with Gasteiger partial charge in [0.05, 0.1) is 11.6 Å². The van der Waals surface area contributed by atoms with E-state index in [1.807, 2.05) is 13.8 Å². The summed E-state index contributed by atoms with van der Waals surface area (Å²) in [5.74, 6) is 0.777. The molecule has 1 aliphatic rings. The van der Waals surface area contributed by atoms with Crippen LogP contribution in [-0.4, -0.2) is 35.5 Å². The summed E-state index contributed by atoms with van der Waals surface area (Å²) in [6.07, 6.45) is 1.61. The molecule has 2 heterocycles. The second-order valence-corrected chi connectivity index (χ2v) is 6.16. The van der Waals surface area contributed by atoms with E-state index in [0.29, 0.717) is 12.2 Å². The summed E-state index contributed by atoms with van der Waals surface area (Å²) in [6, 6.07) is 0.225. The molecule has 0 spiro atoms. The molecule has 0 saturated carbocycles. The third kappa shape index (κ3) is 2.39. The summed E-state index contributed by atoms with van der Waals surface area (Å²) < 4.78 is 0. The van der Waals surface area contributed by atoms with Gasteiger partial charge in [-0.2, -0.15) is 4.98 Å². The molecule has 0 bridgehead atoms. The first kappa shape index (κ1) is 14.1. The molecular weight excluding hydrogens is 264 g/mol. The zero-order valence-corrected chi connectivity index (χ0v) is 12.7. The normalized spacial score (nSPS) is 18.6. The Hall–Kier alpha value is -1.36. The molecule has 0 atom stereocenters. The average Bonchev–Trinajstić information content (AvgIpc) is 2.39. The quantitative estimate of drug-likeness (QED) is 0.742. The number of hydrogen-bond donors (Lipinski definition) is 0. The first-order valence-electron chi connectivity index (χ1n) is 6.31. The van der Waals surface area contributed by atoms with Crippen LogP contribution in [0.4, 0.5) is 11.5 Å². The Morgan fingerprint density at radius 1 is 1.42 bits per heavy atom. The molecule has 1 amide bonds. The molecule has 0 aliphatic carbocycles. The lowest BCUT2D eigenvalue weighted by Gasteiger charge is -2.32. The number of halogens is 1. The molecule has 19 heavy (non-hydrogen) atoms. The van der Waals surface area contributed by atoms with Crippen LogP contribution in [0.3, 0.4) is 0 Å². The summed E-state index contributed by atoms with van der Waals surface area (Å²) in [6.45, 7) is 8.65. The van der Waals surface area contributed by atoms with Crippen LogP contribution in [0.5, 0.6) is 0 Å². The minimum absolute atomic E-state index is 0.0582. The predicted molar refractivity (Wildman–Crippen MR) is 76.7 cm³/mol.